The Morgan fingerprint density at radius 3 is 2.71 bits per heavy atom. The second-order valence-electron chi connectivity index (χ2n) is 7.20. The van der Waals surface area contributed by atoms with E-state index in [0.717, 1.165) is 19.6 Å². The van der Waals surface area contributed by atoms with Crippen molar-refractivity contribution in [1.82, 2.24) is 14.7 Å². The van der Waals surface area contributed by atoms with Gasteiger partial charge in [0.2, 0.25) is 0 Å². The van der Waals surface area contributed by atoms with Crippen LogP contribution in [0.2, 0.25) is 0 Å². The fourth-order valence-electron chi connectivity index (χ4n) is 3.44. The van der Waals surface area contributed by atoms with Crippen molar-refractivity contribution in [2.45, 2.75) is 58.7 Å². The highest BCUT2D eigenvalue weighted by atomic mass is 15.3. The zero-order chi connectivity index (χ0) is 16.9. The number of nitrogens with zero attached hydrogens (tertiary/aromatic N) is 3. The zero-order valence-electron chi connectivity index (χ0n) is 15.2. The summed E-state index contributed by atoms with van der Waals surface area (Å²) in [6.07, 6.45) is 6.67. The highest BCUT2D eigenvalue weighted by Gasteiger charge is 2.20. The van der Waals surface area contributed by atoms with Gasteiger partial charge in [-0.25, -0.2) is 0 Å². The van der Waals surface area contributed by atoms with E-state index < -0.39 is 0 Å². The van der Waals surface area contributed by atoms with Gasteiger partial charge in [-0.05, 0) is 49.9 Å². The Morgan fingerprint density at radius 2 is 2.04 bits per heavy atom. The number of piperidine rings is 1. The summed E-state index contributed by atoms with van der Waals surface area (Å²) in [7, 11) is 0. The van der Waals surface area contributed by atoms with Gasteiger partial charge in [0.25, 0.3) is 0 Å². The van der Waals surface area contributed by atoms with Crippen LogP contribution in [0.5, 0.6) is 0 Å². The largest absolute Gasteiger partial charge is 0.381 e. The van der Waals surface area contributed by atoms with E-state index in [-0.39, 0.29) is 0 Å². The lowest BCUT2D eigenvalue weighted by atomic mass is 10.0. The molecule has 0 saturated carbocycles. The monoisotopic (exact) mass is 326 g/mol. The first-order chi connectivity index (χ1) is 11.6. The first-order valence-corrected chi connectivity index (χ1v) is 9.24. The summed E-state index contributed by atoms with van der Waals surface area (Å²) in [6, 6.07) is 9.46. The molecule has 4 nitrogen and oxygen atoms in total. The molecule has 1 aromatic carbocycles. The van der Waals surface area contributed by atoms with Gasteiger partial charge in [0.15, 0.2) is 0 Å². The van der Waals surface area contributed by atoms with Crippen LogP contribution < -0.4 is 5.32 Å². The van der Waals surface area contributed by atoms with E-state index in [1.807, 2.05) is 10.9 Å². The average Bonchev–Trinajstić information content (AvgIpc) is 3.03. The first kappa shape index (κ1) is 17.0. The predicted octanol–water partition coefficient (Wildman–Crippen LogP) is 4.10. The fourth-order valence-corrected chi connectivity index (χ4v) is 3.44. The molecule has 2 aromatic rings. The van der Waals surface area contributed by atoms with Crippen LogP contribution in [-0.2, 0) is 13.1 Å². The van der Waals surface area contributed by atoms with Crippen LogP contribution in [-0.4, -0.2) is 33.8 Å². The van der Waals surface area contributed by atoms with Crippen molar-refractivity contribution in [3.63, 3.8) is 0 Å². The van der Waals surface area contributed by atoms with Crippen LogP contribution in [0.4, 0.5) is 5.69 Å². The van der Waals surface area contributed by atoms with Crippen molar-refractivity contribution in [2.24, 2.45) is 0 Å². The minimum Gasteiger partial charge on any atom is -0.381 e. The van der Waals surface area contributed by atoms with Crippen molar-refractivity contribution >= 4 is 5.69 Å². The molecule has 1 saturated heterocycles. The van der Waals surface area contributed by atoms with Gasteiger partial charge in [-0.3, -0.25) is 9.58 Å². The summed E-state index contributed by atoms with van der Waals surface area (Å²) >= 11 is 0. The fraction of sp³-hybridized carbons (Fsp3) is 0.550. The number of rotatable bonds is 6. The molecule has 0 radical (unpaired) electrons. The van der Waals surface area contributed by atoms with E-state index in [0.29, 0.717) is 12.0 Å². The smallest absolute Gasteiger partial charge is 0.0534 e. The first-order valence-electron chi connectivity index (χ1n) is 9.24. The Kier molecular flexibility index (Phi) is 5.56. The summed E-state index contributed by atoms with van der Waals surface area (Å²) < 4.78 is 2.01. The molecule has 0 bridgehead atoms. The quantitative estimate of drug-likeness (QED) is 0.867. The van der Waals surface area contributed by atoms with Crippen LogP contribution in [0.25, 0.3) is 0 Å². The van der Waals surface area contributed by atoms with Crippen molar-refractivity contribution in [2.75, 3.05) is 18.4 Å². The number of aryl methyl sites for hydroxylation is 1. The van der Waals surface area contributed by atoms with E-state index in [9.17, 15) is 0 Å². The molecular weight excluding hydrogens is 296 g/mol. The van der Waals surface area contributed by atoms with Gasteiger partial charge in [0, 0.05) is 43.1 Å². The van der Waals surface area contributed by atoms with Crippen molar-refractivity contribution in [3.05, 3.63) is 47.8 Å². The average molecular weight is 326 g/mol. The van der Waals surface area contributed by atoms with Gasteiger partial charge in [-0.1, -0.05) is 26.0 Å². The number of likely N-dealkylation sites (tertiary alicyclic amines) is 1. The van der Waals surface area contributed by atoms with E-state index in [1.54, 1.807) is 0 Å². The molecule has 1 aromatic heterocycles. The molecule has 130 valence electrons. The minimum absolute atomic E-state index is 0.532. The van der Waals surface area contributed by atoms with Gasteiger partial charge < -0.3 is 5.32 Å². The Labute approximate surface area is 145 Å². The van der Waals surface area contributed by atoms with E-state index in [1.165, 1.54) is 36.2 Å². The number of hydrogen-bond donors (Lipinski definition) is 1. The molecule has 4 heteroatoms. The molecule has 1 fully saturated rings. The van der Waals surface area contributed by atoms with Gasteiger partial charge in [-0.2, -0.15) is 5.10 Å². The summed E-state index contributed by atoms with van der Waals surface area (Å²) in [6.45, 7) is 10.8. The maximum absolute atomic E-state index is 4.38. The Hall–Kier alpha value is -1.81. The highest BCUT2D eigenvalue weighted by Crippen LogP contribution is 2.20. The maximum atomic E-state index is 4.38. The van der Waals surface area contributed by atoms with Crippen LogP contribution >= 0.6 is 0 Å². The van der Waals surface area contributed by atoms with E-state index in [2.05, 4.69) is 66.5 Å². The van der Waals surface area contributed by atoms with Gasteiger partial charge >= 0.3 is 0 Å². The molecule has 1 N–H and O–H groups in total. The van der Waals surface area contributed by atoms with Crippen molar-refractivity contribution in [3.8, 4) is 0 Å². The Morgan fingerprint density at radius 1 is 1.25 bits per heavy atom. The van der Waals surface area contributed by atoms with Crippen molar-refractivity contribution < 1.29 is 0 Å². The number of benzene rings is 1. The molecule has 1 atom stereocenters. The molecular formula is C20H30N4. The third-order valence-corrected chi connectivity index (χ3v) is 4.87. The Bertz CT molecular complexity index is 629. The molecule has 0 aliphatic carbocycles. The summed E-state index contributed by atoms with van der Waals surface area (Å²) in [5.41, 5.74) is 3.96. The molecule has 1 unspecified atom stereocenters. The molecule has 3 rings (SSSR count). The van der Waals surface area contributed by atoms with Gasteiger partial charge in [0.05, 0.1) is 6.20 Å². The molecule has 1 aliphatic rings. The van der Waals surface area contributed by atoms with Gasteiger partial charge in [0.1, 0.15) is 0 Å². The number of anilines is 1. The topological polar surface area (TPSA) is 33.1 Å². The van der Waals surface area contributed by atoms with Crippen molar-refractivity contribution in [1.29, 1.82) is 0 Å². The number of aromatic nitrogens is 2. The minimum atomic E-state index is 0.532. The lowest BCUT2D eigenvalue weighted by molar-refractivity contribution is 0.208. The predicted molar refractivity (Wildman–Crippen MR) is 100 cm³/mol. The van der Waals surface area contributed by atoms with E-state index >= 15 is 0 Å². The van der Waals surface area contributed by atoms with Crippen LogP contribution in [0.15, 0.2) is 36.7 Å². The summed E-state index contributed by atoms with van der Waals surface area (Å²) in [5.74, 6) is 0.591. The molecule has 0 amide bonds. The summed E-state index contributed by atoms with van der Waals surface area (Å²) in [5, 5.41) is 8.10. The second-order valence-corrected chi connectivity index (χ2v) is 7.20. The molecule has 24 heavy (non-hydrogen) atoms. The molecule has 0 spiro atoms. The normalized spacial score (nSPS) is 18.9. The van der Waals surface area contributed by atoms with Crippen LogP contribution in [0.3, 0.4) is 0 Å². The third kappa shape index (κ3) is 4.38. The Balaban J connectivity index is 1.55. The number of nitrogens with one attached hydrogen (secondary N) is 1. The lowest BCUT2D eigenvalue weighted by Crippen LogP contribution is -2.41. The SMILES string of the molecule is CCn1cc(CN2CCCC(Nc3ccc(C(C)C)cc3)C2)cn1. The van der Waals surface area contributed by atoms with Crippen LogP contribution in [0.1, 0.15) is 50.7 Å². The molecule has 2 heterocycles. The zero-order valence-corrected chi connectivity index (χ0v) is 15.2. The van der Waals surface area contributed by atoms with Crippen LogP contribution in [0, 0.1) is 0 Å². The third-order valence-electron chi connectivity index (χ3n) is 4.87. The number of hydrogen-bond acceptors (Lipinski definition) is 3. The lowest BCUT2D eigenvalue weighted by Gasteiger charge is -2.33. The summed E-state index contributed by atoms with van der Waals surface area (Å²) in [4.78, 5) is 2.54. The highest BCUT2D eigenvalue weighted by molar-refractivity contribution is 5.46. The maximum Gasteiger partial charge on any atom is 0.0534 e. The van der Waals surface area contributed by atoms with Gasteiger partial charge in [-0.15, -0.1) is 0 Å². The second kappa shape index (κ2) is 7.84. The van der Waals surface area contributed by atoms with E-state index in [4.69, 9.17) is 0 Å². The standard InChI is InChI=1S/C20H30N4/c1-4-24-14-17(12-21-24)13-23-11-5-6-20(15-23)22-19-9-7-18(8-10-19)16(2)3/h7-10,12,14,16,20,22H,4-6,11,13,15H2,1-3H3. The molecule has 1 aliphatic heterocycles.